The first-order chi connectivity index (χ1) is 11.1. The van der Waals surface area contributed by atoms with Gasteiger partial charge in [0.25, 0.3) is 0 Å². The summed E-state index contributed by atoms with van der Waals surface area (Å²) < 4.78 is 10.8. The molecule has 2 heterocycles. The fourth-order valence-corrected chi connectivity index (χ4v) is 2.18. The highest BCUT2D eigenvalue weighted by atomic mass is 35.5. The monoisotopic (exact) mass is 328 g/mol. The van der Waals surface area contributed by atoms with Crippen LogP contribution in [0, 0.1) is 6.92 Å². The molecule has 6 heteroatoms. The number of benzene rings is 1. The number of hydrazone groups is 1. The Kier molecular flexibility index (Phi) is 4.30. The molecule has 0 aliphatic rings. The van der Waals surface area contributed by atoms with E-state index in [-0.39, 0.29) is 5.76 Å². The smallest absolute Gasteiger partial charge is 0.307 e. The van der Waals surface area contributed by atoms with Crippen molar-refractivity contribution in [2.45, 2.75) is 6.92 Å². The summed E-state index contributed by atoms with van der Waals surface area (Å²) in [6.45, 7) is 1.76. The van der Waals surface area contributed by atoms with E-state index < -0.39 is 5.91 Å². The third kappa shape index (κ3) is 3.70. The summed E-state index contributed by atoms with van der Waals surface area (Å²) in [5.41, 5.74) is 3.24. The summed E-state index contributed by atoms with van der Waals surface area (Å²) in [7, 11) is 0. The zero-order valence-corrected chi connectivity index (χ0v) is 13.0. The van der Waals surface area contributed by atoms with Crippen LogP contribution in [-0.2, 0) is 0 Å². The van der Waals surface area contributed by atoms with Gasteiger partial charge in [0, 0.05) is 10.6 Å². The fourth-order valence-electron chi connectivity index (χ4n) is 1.99. The average Bonchev–Trinajstić information content (AvgIpc) is 3.16. The number of hydrogen-bond donors (Lipinski definition) is 1. The second-order valence-electron chi connectivity index (χ2n) is 4.82. The molecule has 0 fully saturated rings. The Labute approximate surface area is 137 Å². The van der Waals surface area contributed by atoms with Crippen LogP contribution < -0.4 is 5.43 Å². The van der Waals surface area contributed by atoms with Crippen molar-refractivity contribution in [2.75, 3.05) is 0 Å². The van der Waals surface area contributed by atoms with Crippen LogP contribution in [0.25, 0.3) is 11.3 Å². The van der Waals surface area contributed by atoms with Gasteiger partial charge in [-0.2, -0.15) is 5.10 Å². The Morgan fingerprint density at radius 2 is 2.04 bits per heavy atom. The lowest BCUT2D eigenvalue weighted by atomic mass is 10.2. The van der Waals surface area contributed by atoms with Crippen molar-refractivity contribution in [3.05, 3.63) is 70.8 Å². The van der Waals surface area contributed by atoms with Gasteiger partial charge in [0.2, 0.25) is 0 Å². The van der Waals surface area contributed by atoms with E-state index in [9.17, 15) is 4.79 Å². The maximum atomic E-state index is 11.7. The van der Waals surface area contributed by atoms with Gasteiger partial charge < -0.3 is 8.83 Å². The molecule has 3 rings (SSSR count). The highest BCUT2D eigenvalue weighted by molar-refractivity contribution is 6.30. The van der Waals surface area contributed by atoms with Gasteiger partial charge in [-0.15, -0.1) is 0 Å². The predicted octanol–water partition coefficient (Wildman–Crippen LogP) is 4.27. The molecule has 2 aromatic heterocycles. The molecule has 0 saturated carbocycles. The largest absolute Gasteiger partial charge is 0.456 e. The summed E-state index contributed by atoms with van der Waals surface area (Å²) in [5, 5.41) is 4.48. The summed E-state index contributed by atoms with van der Waals surface area (Å²) in [5.74, 6) is 1.63. The Hall–Kier alpha value is -2.79. The van der Waals surface area contributed by atoms with E-state index in [0.717, 1.165) is 5.56 Å². The molecular formula is C17H13ClN2O3. The number of aryl methyl sites for hydroxylation is 1. The number of halogens is 1. The number of nitrogens with zero attached hydrogens (tertiary/aromatic N) is 1. The highest BCUT2D eigenvalue weighted by Gasteiger charge is 2.08. The molecule has 0 atom stereocenters. The third-order valence-electron chi connectivity index (χ3n) is 3.06. The minimum atomic E-state index is -0.420. The van der Waals surface area contributed by atoms with Crippen LogP contribution in [0.5, 0.6) is 0 Å². The summed E-state index contributed by atoms with van der Waals surface area (Å²) >= 11 is 5.96. The van der Waals surface area contributed by atoms with Crippen molar-refractivity contribution in [1.82, 2.24) is 5.43 Å². The van der Waals surface area contributed by atoms with Crippen LogP contribution in [0.4, 0.5) is 0 Å². The highest BCUT2D eigenvalue weighted by Crippen LogP contribution is 2.24. The van der Waals surface area contributed by atoms with Crippen LogP contribution in [0.2, 0.25) is 5.02 Å². The van der Waals surface area contributed by atoms with Crippen LogP contribution in [0.3, 0.4) is 0 Å². The second-order valence-corrected chi connectivity index (χ2v) is 5.26. The van der Waals surface area contributed by atoms with E-state index in [4.69, 9.17) is 20.4 Å². The van der Waals surface area contributed by atoms with Gasteiger partial charge >= 0.3 is 5.91 Å². The van der Waals surface area contributed by atoms with E-state index in [1.165, 1.54) is 6.21 Å². The molecule has 0 radical (unpaired) electrons. The molecule has 3 aromatic rings. The summed E-state index contributed by atoms with van der Waals surface area (Å²) in [4.78, 5) is 11.7. The average molecular weight is 329 g/mol. The summed E-state index contributed by atoms with van der Waals surface area (Å²) in [6, 6.07) is 14.2. The first-order valence-corrected chi connectivity index (χ1v) is 7.25. The number of nitrogens with one attached hydrogen (secondary N) is 1. The van der Waals surface area contributed by atoms with Gasteiger partial charge in [-0.3, -0.25) is 4.79 Å². The van der Waals surface area contributed by atoms with E-state index >= 15 is 0 Å². The van der Waals surface area contributed by atoms with Gasteiger partial charge in [-0.25, -0.2) is 5.43 Å². The molecule has 0 unspecified atom stereocenters. The minimum Gasteiger partial charge on any atom is -0.456 e. The lowest BCUT2D eigenvalue weighted by Gasteiger charge is -1.97. The van der Waals surface area contributed by atoms with Crippen LogP contribution in [0.15, 0.2) is 62.5 Å². The van der Waals surface area contributed by atoms with Crippen LogP contribution >= 0.6 is 11.6 Å². The Morgan fingerprint density at radius 1 is 1.17 bits per heavy atom. The Bertz CT molecular complexity index is 864. The van der Waals surface area contributed by atoms with Crippen LogP contribution in [-0.4, -0.2) is 12.1 Å². The molecule has 1 N–H and O–H groups in total. The van der Waals surface area contributed by atoms with Gasteiger partial charge in [0.15, 0.2) is 5.76 Å². The molecule has 0 aliphatic carbocycles. The number of carbonyl (C=O) groups excluding carboxylic acids is 1. The van der Waals surface area contributed by atoms with Crippen molar-refractivity contribution < 1.29 is 13.6 Å². The van der Waals surface area contributed by atoms with E-state index in [1.54, 1.807) is 31.2 Å². The van der Waals surface area contributed by atoms with Gasteiger partial charge in [0.05, 0.1) is 6.21 Å². The second kappa shape index (κ2) is 6.54. The Balaban J connectivity index is 1.66. The quantitative estimate of drug-likeness (QED) is 0.574. The van der Waals surface area contributed by atoms with Crippen molar-refractivity contribution in [3.8, 4) is 11.3 Å². The third-order valence-corrected chi connectivity index (χ3v) is 3.29. The Morgan fingerprint density at radius 3 is 2.78 bits per heavy atom. The van der Waals surface area contributed by atoms with Crippen LogP contribution in [0.1, 0.15) is 22.1 Å². The summed E-state index contributed by atoms with van der Waals surface area (Å²) in [6.07, 6.45) is 1.42. The van der Waals surface area contributed by atoms with Gasteiger partial charge in [0.1, 0.15) is 17.3 Å². The van der Waals surface area contributed by atoms with E-state index in [0.29, 0.717) is 22.3 Å². The standard InChI is InChI=1S/C17H13ClN2O3/c1-11-5-7-16(22-11)17(21)20-19-10-14-6-8-15(23-14)12-3-2-4-13(18)9-12/h2-10H,1H3,(H,20,21)/b19-10+. The van der Waals surface area contributed by atoms with Crippen molar-refractivity contribution in [1.29, 1.82) is 0 Å². The maximum Gasteiger partial charge on any atom is 0.307 e. The molecule has 1 aromatic carbocycles. The van der Waals surface area contributed by atoms with E-state index in [2.05, 4.69) is 10.5 Å². The SMILES string of the molecule is Cc1ccc(C(=O)N/N=C/c2ccc(-c3cccc(Cl)c3)o2)o1. The first-order valence-electron chi connectivity index (χ1n) is 6.87. The number of carbonyl (C=O) groups is 1. The lowest BCUT2D eigenvalue weighted by Crippen LogP contribution is -2.16. The molecule has 23 heavy (non-hydrogen) atoms. The molecular weight excluding hydrogens is 316 g/mol. The first kappa shape index (κ1) is 15.1. The van der Waals surface area contributed by atoms with Crippen molar-refractivity contribution >= 4 is 23.7 Å². The number of hydrogen-bond acceptors (Lipinski definition) is 4. The van der Waals surface area contributed by atoms with Gasteiger partial charge in [-0.05, 0) is 43.3 Å². The minimum absolute atomic E-state index is 0.207. The molecule has 1 amide bonds. The maximum absolute atomic E-state index is 11.7. The zero-order valence-electron chi connectivity index (χ0n) is 12.2. The fraction of sp³-hybridized carbons (Fsp3) is 0.0588. The number of furan rings is 2. The number of amides is 1. The number of rotatable bonds is 4. The molecule has 0 saturated heterocycles. The van der Waals surface area contributed by atoms with Crippen molar-refractivity contribution in [2.24, 2.45) is 5.10 Å². The van der Waals surface area contributed by atoms with Gasteiger partial charge in [-0.1, -0.05) is 23.7 Å². The molecule has 0 spiro atoms. The van der Waals surface area contributed by atoms with Crippen molar-refractivity contribution in [3.63, 3.8) is 0 Å². The molecule has 0 bridgehead atoms. The molecule has 116 valence electrons. The van der Waals surface area contributed by atoms with E-state index in [1.807, 2.05) is 24.3 Å². The topological polar surface area (TPSA) is 67.7 Å². The predicted molar refractivity (Wildman–Crippen MR) is 87.7 cm³/mol. The zero-order chi connectivity index (χ0) is 16.2. The lowest BCUT2D eigenvalue weighted by molar-refractivity contribution is 0.0926. The normalized spacial score (nSPS) is 11.0. The molecule has 5 nitrogen and oxygen atoms in total. The molecule has 0 aliphatic heterocycles.